The summed E-state index contributed by atoms with van der Waals surface area (Å²) in [6.45, 7) is 25.4. The first-order valence-corrected chi connectivity index (χ1v) is 29.7. The van der Waals surface area contributed by atoms with Crippen molar-refractivity contribution >= 4 is 34.2 Å². The molecule has 0 amide bonds. The molecule has 0 aromatic heterocycles. The molecule has 0 saturated heterocycles. The predicted molar refractivity (Wildman–Crippen MR) is 211 cm³/mol. The molecule has 0 radical (unpaired) electrons. The Hall–Kier alpha value is -3.85. The zero-order chi connectivity index (χ0) is 36.9. The maximum Gasteiger partial charge on any atom is 0.454 e. The van der Waals surface area contributed by atoms with Gasteiger partial charge >= 0.3 is 34.2 Å². The number of hydrogen-bond donors (Lipinski definition) is 0. The molecule has 8 bridgehead atoms. The van der Waals surface area contributed by atoms with Gasteiger partial charge in [0.25, 0.3) is 0 Å². The summed E-state index contributed by atoms with van der Waals surface area (Å²) in [6.07, 6.45) is 2.61. The Morgan fingerprint density at radius 2 is 0.423 bits per heavy atom. The zero-order valence-corrected chi connectivity index (χ0v) is 36.4. The summed E-state index contributed by atoms with van der Waals surface area (Å²) in [5.41, 5.74) is 13.1. The lowest BCUT2D eigenvalue weighted by Gasteiger charge is -2.38. The van der Waals surface area contributed by atoms with Crippen molar-refractivity contribution < 1.29 is 35.4 Å². The van der Waals surface area contributed by atoms with E-state index in [0.717, 1.165) is 113 Å². The first kappa shape index (κ1) is 33.9. The first-order valence-electron chi connectivity index (χ1n) is 18.4. The normalized spacial score (nSPS) is 19.9. The van der Waals surface area contributed by atoms with Gasteiger partial charge in [-0.1, -0.05) is 0 Å². The van der Waals surface area contributed by atoms with Crippen LogP contribution in [0.25, 0.3) is 0 Å². The first-order chi connectivity index (χ1) is 24.3. The van der Waals surface area contributed by atoms with Crippen molar-refractivity contribution in [1.82, 2.24) is 0 Å². The molecule has 4 aromatic rings. The molecule has 0 unspecified atom stereocenters. The summed E-state index contributed by atoms with van der Waals surface area (Å²) in [6, 6.07) is 9.29. The van der Waals surface area contributed by atoms with Crippen LogP contribution in [0, 0.1) is 27.7 Å². The minimum Gasteiger partial charge on any atom is -0.511 e. The Morgan fingerprint density at radius 3 is 0.558 bits per heavy atom. The Labute approximate surface area is 311 Å². The largest absolute Gasteiger partial charge is 0.511 e. The van der Waals surface area contributed by atoms with Crippen LogP contribution in [0.15, 0.2) is 24.3 Å². The SMILES string of the molecule is Cc1c2c3cc4c1O[Si](C)(C)Oc1c(cc5c(c1C)O[Si](C)(C)Oc1c(cc6c(c1C)O[Si](C)(C)Oc1c(cc(c(c1C)O[Si](C)(C)O2)C3)C6)C5)C4. The van der Waals surface area contributed by atoms with Crippen LogP contribution in [0.2, 0.25) is 52.4 Å². The van der Waals surface area contributed by atoms with Crippen LogP contribution in [0.3, 0.4) is 0 Å². The molecule has 0 saturated carbocycles. The fourth-order valence-electron chi connectivity index (χ4n) is 8.76. The number of benzene rings is 4. The van der Waals surface area contributed by atoms with E-state index in [1.165, 1.54) is 0 Å². The molecular weight excluding hydrogens is 721 g/mol. The molecule has 5 aliphatic rings. The number of rotatable bonds is 0. The van der Waals surface area contributed by atoms with Gasteiger partial charge in [0.1, 0.15) is 46.0 Å². The van der Waals surface area contributed by atoms with Crippen LogP contribution in [0.4, 0.5) is 0 Å². The van der Waals surface area contributed by atoms with Gasteiger partial charge in [0.05, 0.1) is 0 Å². The molecule has 0 N–H and O–H groups in total. The van der Waals surface area contributed by atoms with Crippen LogP contribution in [-0.2, 0) is 25.7 Å². The molecule has 4 aromatic carbocycles. The molecule has 4 heterocycles. The average Bonchev–Trinajstić information content (AvgIpc) is 3.01. The van der Waals surface area contributed by atoms with E-state index < -0.39 is 34.2 Å². The summed E-state index contributed by atoms with van der Waals surface area (Å²) in [7, 11) is -11.1. The third-order valence-corrected chi connectivity index (χ3v) is 16.3. The van der Waals surface area contributed by atoms with E-state index in [1.54, 1.807) is 0 Å². The lowest BCUT2D eigenvalue weighted by Crippen LogP contribution is -2.46. The van der Waals surface area contributed by atoms with Gasteiger partial charge in [-0.25, -0.2) is 0 Å². The maximum absolute atomic E-state index is 6.98. The minimum absolute atomic E-state index is 0.652. The smallest absolute Gasteiger partial charge is 0.454 e. The standard InChI is InChI=1S/C40H48O8Si4/c1-21-33-25-13-26-18-28-15-30-20-32-16-31-19-29-14-27(17-25)35(43-49(5,6)41-33)22(2)37(29)45-51(9,10)47-39(31)24(4)40(32)48-52(11,12)46-38(30)23(3)36(28)44-50(7,8)42-34(21)26/h13-16H,17-20H2,1-12H3. The van der Waals surface area contributed by atoms with Gasteiger partial charge in [0.15, 0.2) is 0 Å². The quantitative estimate of drug-likeness (QED) is 0.144. The maximum atomic E-state index is 6.98. The lowest BCUT2D eigenvalue weighted by molar-refractivity contribution is 0.363. The third kappa shape index (κ3) is 5.39. The fraction of sp³-hybridized carbons (Fsp3) is 0.400. The molecule has 52 heavy (non-hydrogen) atoms. The van der Waals surface area contributed by atoms with Gasteiger partial charge in [0, 0.05) is 100 Å². The van der Waals surface area contributed by atoms with Gasteiger partial charge in [-0.15, -0.1) is 0 Å². The molecule has 1 aliphatic carbocycles. The minimum atomic E-state index is -2.77. The molecule has 4 aliphatic heterocycles. The van der Waals surface area contributed by atoms with Crippen molar-refractivity contribution in [2.75, 3.05) is 0 Å². The summed E-state index contributed by atoms with van der Waals surface area (Å²) < 4.78 is 55.8. The van der Waals surface area contributed by atoms with E-state index in [-0.39, 0.29) is 0 Å². The second-order valence-electron chi connectivity index (χ2n) is 17.0. The van der Waals surface area contributed by atoms with Crippen LogP contribution in [0.1, 0.15) is 66.8 Å². The van der Waals surface area contributed by atoms with E-state index in [4.69, 9.17) is 35.4 Å². The molecular formula is C40H48O8Si4. The number of hydrogen-bond acceptors (Lipinski definition) is 8. The highest BCUT2D eigenvalue weighted by Crippen LogP contribution is 2.51. The van der Waals surface area contributed by atoms with Crippen molar-refractivity contribution in [2.24, 2.45) is 0 Å². The highest BCUT2D eigenvalue weighted by Gasteiger charge is 2.43. The van der Waals surface area contributed by atoms with Crippen LogP contribution in [-0.4, -0.2) is 34.2 Å². The van der Waals surface area contributed by atoms with E-state index in [1.807, 2.05) is 0 Å². The van der Waals surface area contributed by atoms with Crippen molar-refractivity contribution in [3.63, 3.8) is 0 Å². The summed E-state index contributed by atoms with van der Waals surface area (Å²) in [4.78, 5) is 0. The molecule has 272 valence electrons. The highest BCUT2D eigenvalue weighted by molar-refractivity contribution is 6.67. The molecule has 0 spiro atoms. The van der Waals surface area contributed by atoms with E-state index in [9.17, 15) is 0 Å². The molecule has 8 nitrogen and oxygen atoms in total. The van der Waals surface area contributed by atoms with Crippen molar-refractivity contribution in [3.05, 3.63) is 91.0 Å². The zero-order valence-electron chi connectivity index (χ0n) is 32.4. The van der Waals surface area contributed by atoms with Crippen LogP contribution in [0.5, 0.6) is 46.0 Å². The van der Waals surface area contributed by atoms with Gasteiger partial charge < -0.3 is 35.4 Å². The fourth-order valence-corrected chi connectivity index (χ4v) is 15.1. The molecule has 12 heteroatoms. The van der Waals surface area contributed by atoms with Crippen molar-refractivity contribution in [3.8, 4) is 46.0 Å². The van der Waals surface area contributed by atoms with Gasteiger partial charge in [-0.3, -0.25) is 0 Å². The molecule has 0 fully saturated rings. The van der Waals surface area contributed by atoms with E-state index >= 15 is 0 Å². The molecule has 0 atom stereocenters. The second kappa shape index (κ2) is 10.9. The Balaban J connectivity index is 1.42. The molecule has 9 rings (SSSR count). The lowest BCUT2D eigenvalue weighted by atomic mass is 9.88. The van der Waals surface area contributed by atoms with Crippen molar-refractivity contribution in [1.29, 1.82) is 0 Å². The second-order valence-corrected chi connectivity index (χ2v) is 29.9. The summed E-state index contributed by atoms with van der Waals surface area (Å²) >= 11 is 0. The average molecular weight is 769 g/mol. The van der Waals surface area contributed by atoms with Gasteiger partial charge in [-0.2, -0.15) is 0 Å². The van der Waals surface area contributed by atoms with Gasteiger partial charge in [-0.05, 0) is 96.5 Å². The Bertz CT molecular complexity index is 1830. The van der Waals surface area contributed by atoms with Crippen molar-refractivity contribution in [2.45, 2.75) is 106 Å². The summed E-state index contributed by atoms with van der Waals surface area (Å²) in [5, 5.41) is 0. The van der Waals surface area contributed by atoms with E-state index in [0.29, 0.717) is 25.7 Å². The Morgan fingerprint density at radius 1 is 0.288 bits per heavy atom. The third-order valence-electron chi connectivity index (χ3n) is 10.8. The van der Waals surface area contributed by atoms with E-state index in [2.05, 4.69) is 104 Å². The highest BCUT2D eigenvalue weighted by atomic mass is 28.4. The topological polar surface area (TPSA) is 73.8 Å². The Kier molecular flexibility index (Phi) is 7.09. The predicted octanol–water partition coefficient (Wildman–Crippen LogP) is 9.49. The van der Waals surface area contributed by atoms with Crippen LogP contribution < -0.4 is 35.4 Å². The monoisotopic (exact) mass is 768 g/mol. The van der Waals surface area contributed by atoms with Gasteiger partial charge in [0.2, 0.25) is 0 Å². The summed E-state index contributed by atoms with van der Waals surface area (Å²) in [5.74, 6) is 6.91. The van der Waals surface area contributed by atoms with Crippen LogP contribution >= 0.6 is 0 Å².